The second kappa shape index (κ2) is 9.24. The minimum absolute atomic E-state index is 0.0203. The number of aromatic nitrogens is 2. The molecule has 1 aliphatic carbocycles. The molecular formula is C26H31FN4O5. The zero-order valence-electron chi connectivity index (χ0n) is 20.9. The molecule has 0 radical (unpaired) electrons. The molecule has 3 aromatic rings. The summed E-state index contributed by atoms with van der Waals surface area (Å²) in [4.78, 5) is 31.2. The molecule has 0 amide bonds. The Hall–Kier alpha value is -3.40. The van der Waals surface area contributed by atoms with E-state index in [1.54, 1.807) is 4.57 Å². The number of hydrogen-bond acceptors (Lipinski definition) is 7. The predicted molar refractivity (Wildman–Crippen MR) is 133 cm³/mol. The number of anilines is 1. The van der Waals surface area contributed by atoms with Gasteiger partial charge in [-0.25, -0.2) is 14.2 Å². The molecule has 0 spiro atoms. The highest BCUT2D eigenvalue weighted by atomic mass is 19.1. The summed E-state index contributed by atoms with van der Waals surface area (Å²) in [6.07, 6.45) is 3.87. The van der Waals surface area contributed by atoms with Crippen molar-refractivity contribution < 1.29 is 23.4 Å². The fourth-order valence-corrected chi connectivity index (χ4v) is 5.29. The average molecular weight is 499 g/mol. The van der Waals surface area contributed by atoms with Gasteiger partial charge in [0.1, 0.15) is 17.0 Å². The van der Waals surface area contributed by atoms with Gasteiger partial charge in [-0.3, -0.25) is 4.79 Å². The van der Waals surface area contributed by atoms with E-state index in [9.17, 15) is 14.7 Å². The van der Waals surface area contributed by atoms with Crippen molar-refractivity contribution in [3.63, 3.8) is 0 Å². The van der Waals surface area contributed by atoms with Crippen molar-refractivity contribution in [3.05, 3.63) is 51.2 Å². The maximum absolute atomic E-state index is 15.7. The smallest absolute Gasteiger partial charge is 0.341 e. The molecule has 2 N–H and O–H groups in total. The van der Waals surface area contributed by atoms with Crippen LogP contribution in [0.2, 0.25) is 0 Å². The van der Waals surface area contributed by atoms with Crippen LogP contribution in [-0.2, 0) is 0 Å². The van der Waals surface area contributed by atoms with Crippen LogP contribution in [0.1, 0.15) is 66.0 Å². The molecule has 36 heavy (non-hydrogen) atoms. The number of aromatic carboxylic acids is 1. The summed E-state index contributed by atoms with van der Waals surface area (Å²) in [5.74, 6) is -0.146. The first-order valence-electron chi connectivity index (χ1n) is 12.4. The van der Waals surface area contributed by atoms with E-state index in [0.29, 0.717) is 30.2 Å². The Morgan fingerprint density at radius 1 is 1.36 bits per heavy atom. The van der Waals surface area contributed by atoms with Crippen LogP contribution in [-0.4, -0.2) is 47.4 Å². The number of carboxylic acid groups (broad SMARTS) is 1. The van der Waals surface area contributed by atoms with E-state index in [2.05, 4.69) is 10.3 Å². The predicted octanol–water partition coefficient (Wildman–Crippen LogP) is 3.96. The molecule has 192 valence electrons. The van der Waals surface area contributed by atoms with Crippen molar-refractivity contribution in [1.29, 1.82) is 0 Å². The number of methoxy groups -OCH3 is 1. The molecular weight excluding hydrogens is 467 g/mol. The Bertz CT molecular complexity index is 1370. The van der Waals surface area contributed by atoms with Gasteiger partial charge in [0.25, 0.3) is 0 Å². The zero-order valence-corrected chi connectivity index (χ0v) is 20.9. The van der Waals surface area contributed by atoms with Gasteiger partial charge in [0, 0.05) is 31.2 Å². The third kappa shape index (κ3) is 4.03. The van der Waals surface area contributed by atoms with Gasteiger partial charge in [-0.15, -0.1) is 0 Å². The Balaban J connectivity index is 1.58. The Morgan fingerprint density at radius 3 is 2.69 bits per heavy atom. The number of rotatable bonds is 8. The molecule has 2 aliphatic rings. The highest BCUT2D eigenvalue weighted by Gasteiger charge is 2.37. The number of ether oxygens (including phenoxy) is 1. The lowest BCUT2D eigenvalue weighted by molar-refractivity contribution is 0.0694. The maximum atomic E-state index is 15.7. The summed E-state index contributed by atoms with van der Waals surface area (Å²) in [5, 5.41) is 13.0. The summed E-state index contributed by atoms with van der Waals surface area (Å²) in [5.41, 5.74) is 0.509. The number of hydrogen-bond donors (Lipinski definition) is 2. The Labute approximate surface area is 207 Å². The van der Waals surface area contributed by atoms with E-state index in [4.69, 9.17) is 9.15 Å². The van der Waals surface area contributed by atoms with Gasteiger partial charge >= 0.3 is 5.97 Å². The number of carbonyl (C=O) groups is 1. The van der Waals surface area contributed by atoms with Crippen LogP contribution in [0, 0.1) is 25.6 Å². The largest absolute Gasteiger partial charge is 0.492 e. The van der Waals surface area contributed by atoms with Crippen LogP contribution in [0.15, 0.2) is 21.5 Å². The monoisotopic (exact) mass is 498 g/mol. The van der Waals surface area contributed by atoms with E-state index >= 15 is 4.39 Å². The number of fused-ring (bicyclic) bond motifs is 1. The maximum Gasteiger partial charge on any atom is 0.341 e. The fourth-order valence-electron chi connectivity index (χ4n) is 5.29. The van der Waals surface area contributed by atoms with Gasteiger partial charge in [-0.05, 0) is 45.7 Å². The third-order valence-electron chi connectivity index (χ3n) is 7.32. The van der Waals surface area contributed by atoms with Crippen molar-refractivity contribution >= 4 is 22.6 Å². The number of benzene rings is 1. The number of oxazole rings is 1. The molecule has 2 unspecified atom stereocenters. The first-order valence-corrected chi connectivity index (χ1v) is 12.4. The van der Waals surface area contributed by atoms with E-state index in [1.165, 1.54) is 13.3 Å². The molecule has 10 heteroatoms. The van der Waals surface area contributed by atoms with Crippen molar-refractivity contribution in [1.82, 2.24) is 14.9 Å². The summed E-state index contributed by atoms with van der Waals surface area (Å²) in [7, 11) is 1.46. The Kier molecular flexibility index (Phi) is 6.23. The van der Waals surface area contributed by atoms with E-state index < -0.39 is 17.2 Å². The van der Waals surface area contributed by atoms with Gasteiger partial charge in [-0.2, -0.15) is 0 Å². The standard InChI is InChI=1S/C26H31FN4O5/c1-5-28-20(25-29-13(2)14(3)36-25)15-8-9-30(11-15)22-19(27)10-17-21(24(22)35-4)31(16-6-7-16)12-18(23(17)32)26(33)34/h10,12,15-16,20,28H,5-9,11H2,1-4H3,(H,33,34). The average Bonchev–Trinajstić information content (AvgIpc) is 3.48. The summed E-state index contributed by atoms with van der Waals surface area (Å²) in [6, 6.07) is 1.10. The van der Waals surface area contributed by atoms with E-state index in [-0.39, 0.29) is 34.7 Å². The number of halogens is 1. The van der Waals surface area contributed by atoms with Crippen molar-refractivity contribution in [2.75, 3.05) is 31.6 Å². The quantitative estimate of drug-likeness (QED) is 0.480. The minimum Gasteiger partial charge on any atom is -0.492 e. The van der Waals surface area contributed by atoms with Crippen LogP contribution in [0.3, 0.4) is 0 Å². The Morgan fingerprint density at radius 2 is 2.11 bits per heavy atom. The van der Waals surface area contributed by atoms with Gasteiger partial charge in [0.15, 0.2) is 11.6 Å². The van der Waals surface area contributed by atoms with Gasteiger partial charge in [0.2, 0.25) is 11.3 Å². The highest BCUT2D eigenvalue weighted by Crippen LogP contribution is 2.45. The summed E-state index contributed by atoms with van der Waals surface area (Å²) >= 11 is 0. The molecule has 5 rings (SSSR count). The normalized spacial score (nSPS) is 18.7. The fraction of sp³-hybridized carbons (Fsp3) is 0.500. The van der Waals surface area contributed by atoms with Crippen LogP contribution in [0.4, 0.5) is 10.1 Å². The molecule has 2 aromatic heterocycles. The third-order valence-corrected chi connectivity index (χ3v) is 7.32. The van der Waals surface area contributed by atoms with Crippen LogP contribution < -0.4 is 20.4 Å². The number of nitrogens with zero attached hydrogens (tertiary/aromatic N) is 3. The summed E-state index contributed by atoms with van der Waals surface area (Å²) in [6.45, 7) is 7.69. The van der Waals surface area contributed by atoms with E-state index in [0.717, 1.165) is 43.3 Å². The first kappa shape index (κ1) is 24.3. The van der Waals surface area contributed by atoms with Gasteiger partial charge in [-0.1, -0.05) is 6.92 Å². The highest BCUT2D eigenvalue weighted by molar-refractivity contribution is 5.97. The van der Waals surface area contributed by atoms with Gasteiger partial charge < -0.3 is 29.0 Å². The molecule has 0 bridgehead atoms. The molecule has 9 nitrogen and oxygen atoms in total. The van der Waals surface area contributed by atoms with E-state index in [1.807, 2.05) is 25.7 Å². The van der Waals surface area contributed by atoms with Crippen molar-refractivity contribution in [2.24, 2.45) is 5.92 Å². The second-order valence-electron chi connectivity index (χ2n) is 9.68. The lowest BCUT2D eigenvalue weighted by Crippen LogP contribution is -2.31. The molecule has 2 atom stereocenters. The number of aryl methyl sites for hydroxylation is 2. The molecule has 1 aromatic carbocycles. The molecule has 3 heterocycles. The number of pyridine rings is 1. The topological polar surface area (TPSA) is 110 Å². The molecule has 1 aliphatic heterocycles. The van der Waals surface area contributed by atoms with Crippen molar-refractivity contribution in [3.8, 4) is 5.75 Å². The lowest BCUT2D eigenvalue weighted by atomic mass is 9.98. The first-order chi connectivity index (χ1) is 17.2. The minimum atomic E-state index is -1.33. The SMILES string of the molecule is CCNC(c1nc(C)c(C)o1)C1CCN(c2c(F)cc3c(=O)c(C(=O)O)cn(C4CC4)c3c2OC)C1. The number of nitrogens with one attached hydrogen (secondary N) is 1. The second-order valence-corrected chi connectivity index (χ2v) is 9.68. The molecule has 1 saturated heterocycles. The molecule has 1 saturated carbocycles. The zero-order chi connectivity index (χ0) is 25.7. The summed E-state index contributed by atoms with van der Waals surface area (Å²) < 4.78 is 29.1. The van der Waals surface area contributed by atoms with Gasteiger partial charge in [0.05, 0.1) is 29.7 Å². The number of carboxylic acids is 1. The molecule has 2 fully saturated rings. The van der Waals surface area contributed by atoms with Crippen LogP contribution in [0.5, 0.6) is 5.75 Å². The van der Waals surface area contributed by atoms with Crippen molar-refractivity contribution in [2.45, 2.75) is 52.1 Å². The lowest BCUT2D eigenvalue weighted by Gasteiger charge is -2.26. The van der Waals surface area contributed by atoms with Crippen LogP contribution in [0.25, 0.3) is 10.9 Å². The van der Waals surface area contributed by atoms with Crippen LogP contribution >= 0.6 is 0 Å².